The molecule has 9 heteroatoms. The summed E-state index contributed by atoms with van der Waals surface area (Å²) in [6.45, 7) is 4.79. The predicted molar refractivity (Wildman–Crippen MR) is 140 cm³/mol. The van der Waals surface area contributed by atoms with Crippen LogP contribution in [-0.2, 0) is 6.54 Å². The minimum atomic E-state index is -0.255. The topological polar surface area (TPSA) is 96.1 Å². The maximum Gasteiger partial charge on any atom is 0.322 e. The first-order chi connectivity index (χ1) is 17.4. The Balaban J connectivity index is 1.63. The van der Waals surface area contributed by atoms with Gasteiger partial charge in [-0.1, -0.05) is 6.92 Å². The average molecular weight is 495 g/mol. The van der Waals surface area contributed by atoms with Crippen molar-refractivity contribution in [1.29, 1.82) is 0 Å². The first-order valence-electron chi connectivity index (χ1n) is 12.2. The van der Waals surface area contributed by atoms with E-state index >= 15 is 0 Å². The van der Waals surface area contributed by atoms with E-state index in [0.717, 1.165) is 31.3 Å². The molecule has 1 saturated heterocycles. The Labute approximate surface area is 210 Å². The molecule has 0 spiro atoms. The van der Waals surface area contributed by atoms with Gasteiger partial charge in [-0.2, -0.15) is 0 Å². The molecule has 0 saturated carbocycles. The van der Waals surface area contributed by atoms with Crippen molar-refractivity contribution < 1.29 is 19.0 Å². The van der Waals surface area contributed by atoms with E-state index in [1.54, 1.807) is 56.6 Å². The van der Waals surface area contributed by atoms with Gasteiger partial charge in [-0.25, -0.2) is 4.79 Å². The molecular formula is C27H34N4O5. The van der Waals surface area contributed by atoms with E-state index in [1.165, 1.54) is 0 Å². The number of pyridine rings is 1. The van der Waals surface area contributed by atoms with Gasteiger partial charge in [0.25, 0.3) is 5.56 Å². The normalized spacial score (nSPS) is 15.6. The molecular weight excluding hydrogens is 460 g/mol. The number of hydrogen-bond donors (Lipinski definition) is 2. The fourth-order valence-electron chi connectivity index (χ4n) is 4.77. The van der Waals surface area contributed by atoms with E-state index in [1.807, 2.05) is 12.1 Å². The second-order valence-electron chi connectivity index (χ2n) is 8.88. The number of aromatic nitrogens is 1. The maximum absolute atomic E-state index is 13.4. The van der Waals surface area contributed by atoms with Gasteiger partial charge < -0.3 is 29.4 Å². The zero-order chi connectivity index (χ0) is 25.7. The molecule has 0 radical (unpaired) electrons. The molecule has 3 aromatic rings. The number of rotatable bonds is 9. The highest BCUT2D eigenvalue weighted by atomic mass is 16.5. The summed E-state index contributed by atoms with van der Waals surface area (Å²) in [5.41, 5.74) is 1.56. The number of likely N-dealkylation sites (N-methyl/N-ethyl adjacent to an activating group) is 1. The number of aromatic amines is 1. The Morgan fingerprint density at radius 2 is 1.81 bits per heavy atom. The number of fused-ring (bicyclic) bond motifs is 1. The van der Waals surface area contributed by atoms with Gasteiger partial charge in [0.2, 0.25) is 0 Å². The summed E-state index contributed by atoms with van der Waals surface area (Å²) in [7, 11) is 4.73. The van der Waals surface area contributed by atoms with E-state index in [9.17, 15) is 9.59 Å². The van der Waals surface area contributed by atoms with Crippen LogP contribution in [-0.4, -0.2) is 67.8 Å². The molecule has 1 aliphatic heterocycles. The maximum atomic E-state index is 13.4. The Kier molecular flexibility index (Phi) is 8.00. The van der Waals surface area contributed by atoms with Crippen molar-refractivity contribution in [2.75, 3.05) is 46.3 Å². The van der Waals surface area contributed by atoms with Gasteiger partial charge in [0, 0.05) is 35.3 Å². The van der Waals surface area contributed by atoms with Crippen molar-refractivity contribution in [2.45, 2.75) is 32.4 Å². The van der Waals surface area contributed by atoms with E-state index in [-0.39, 0.29) is 24.2 Å². The van der Waals surface area contributed by atoms with Gasteiger partial charge in [0.1, 0.15) is 5.75 Å². The number of carbonyl (C=O) groups excluding carboxylic acids is 1. The minimum Gasteiger partial charge on any atom is -0.497 e. The number of amides is 2. The Morgan fingerprint density at radius 1 is 1.08 bits per heavy atom. The molecule has 9 nitrogen and oxygen atoms in total. The van der Waals surface area contributed by atoms with Crippen molar-refractivity contribution in [3.8, 4) is 17.2 Å². The number of methoxy groups -OCH3 is 3. The molecule has 192 valence electrons. The summed E-state index contributed by atoms with van der Waals surface area (Å²) < 4.78 is 16.0. The Hall–Kier alpha value is -3.72. The largest absolute Gasteiger partial charge is 0.497 e. The molecule has 0 unspecified atom stereocenters. The van der Waals surface area contributed by atoms with Gasteiger partial charge in [-0.3, -0.25) is 9.69 Å². The summed E-state index contributed by atoms with van der Waals surface area (Å²) in [6.07, 6.45) is 2.12. The van der Waals surface area contributed by atoms with Crippen LogP contribution in [0.4, 0.5) is 10.5 Å². The lowest BCUT2D eigenvalue weighted by Gasteiger charge is -2.30. The second kappa shape index (κ2) is 11.3. The van der Waals surface area contributed by atoms with Crippen LogP contribution in [0.15, 0.2) is 47.3 Å². The van der Waals surface area contributed by atoms with Crippen molar-refractivity contribution in [2.24, 2.45) is 0 Å². The third-order valence-electron chi connectivity index (χ3n) is 6.75. The third kappa shape index (κ3) is 5.57. The van der Waals surface area contributed by atoms with Gasteiger partial charge in [-0.05, 0) is 62.3 Å². The van der Waals surface area contributed by atoms with E-state index in [2.05, 4.69) is 22.1 Å². The molecule has 36 heavy (non-hydrogen) atoms. The molecule has 2 N–H and O–H groups in total. The average Bonchev–Trinajstić information content (AvgIpc) is 3.35. The van der Waals surface area contributed by atoms with E-state index < -0.39 is 0 Å². The molecule has 2 amide bonds. The van der Waals surface area contributed by atoms with Crippen LogP contribution in [0, 0.1) is 0 Å². The highest BCUT2D eigenvalue weighted by Gasteiger charge is 2.28. The molecule has 2 heterocycles. The van der Waals surface area contributed by atoms with Gasteiger partial charge >= 0.3 is 6.03 Å². The Bertz CT molecular complexity index is 1260. The third-order valence-corrected chi connectivity index (χ3v) is 6.75. The summed E-state index contributed by atoms with van der Waals surface area (Å²) in [5.74, 6) is 1.82. The van der Waals surface area contributed by atoms with Crippen LogP contribution in [0.5, 0.6) is 17.2 Å². The molecule has 0 aliphatic carbocycles. The standard InChI is InChI=1S/C27H34N4O5/c1-5-30-12-6-7-21(30)17-31(27(33)28-20-8-10-22(34-2)11-9-20)16-19-13-18-14-24(35-3)25(36-4)15-23(18)29-26(19)32/h8-11,13-15,21H,5-7,12,16-17H2,1-4H3,(H,28,33)(H,29,32)/t21-/m0/s1. The number of nitrogens with one attached hydrogen (secondary N) is 2. The molecule has 2 aromatic carbocycles. The first-order valence-corrected chi connectivity index (χ1v) is 12.2. The lowest BCUT2D eigenvalue weighted by molar-refractivity contribution is 0.174. The van der Waals surface area contributed by atoms with Crippen molar-refractivity contribution in [3.63, 3.8) is 0 Å². The van der Waals surface area contributed by atoms with E-state index in [4.69, 9.17) is 14.2 Å². The Morgan fingerprint density at radius 3 is 2.47 bits per heavy atom. The molecule has 4 rings (SSSR count). The number of likely N-dealkylation sites (tertiary alicyclic amines) is 1. The molecule has 1 aliphatic rings. The number of hydrogen-bond acceptors (Lipinski definition) is 6. The minimum absolute atomic E-state index is 0.176. The quantitative estimate of drug-likeness (QED) is 0.466. The second-order valence-corrected chi connectivity index (χ2v) is 8.88. The predicted octanol–water partition coefficient (Wildman–Crippen LogP) is 4.07. The number of H-pyrrole nitrogens is 1. The van der Waals surface area contributed by atoms with Gasteiger partial charge in [0.05, 0.1) is 33.4 Å². The van der Waals surface area contributed by atoms with Gasteiger partial charge in [-0.15, -0.1) is 0 Å². The highest BCUT2D eigenvalue weighted by Crippen LogP contribution is 2.31. The summed E-state index contributed by atoms with van der Waals surface area (Å²) in [5, 5.41) is 3.77. The van der Waals surface area contributed by atoms with Crippen molar-refractivity contribution >= 4 is 22.6 Å². The fourth-order valence-corrected chi connectivity index (χ4v) is 4.77. The molecule has 1 atom stereocenters. The van der Waals surface area contributed by atoms with Gasteiger partial charge in [0.15, 0.2) is 11.5 Å². The lowest BCUT2D eigenvalue weighted by Crippen LogP contribution is -2.45. The molecule has 1 fully saturated rings. The number of carbonyl (C=O) groups is 1. The van der Waals surface area contributed by atoms with Crippen LogP contribution < -0.4 is 25.1 Å². The molecule has 1 aromatic heterocycles. The zero-order valence-corrected chi connectivity index (χ0v) is 21.3. The first kappa shape index (κ1) is 25.4. The zero-order valence-electron chi connectivity index (χ0n) is 21.3. The van der Waals surface area contributed by atoms with Crippen LogP contribution in [0.3, 0.4) is 0 Å². The van der Waals surface area contributed by atoms with Crippen LogP contribution in [0.25, 0.3) is 10.9 Å². The van der Waals surface area contributed by atoms with Crippen molar-refractivity contribution in [1.82, 2.24) is 14.8 Å². The summed E-state index contributed by atoms with van der Waals surface area (Å²) in [6, 6.07) is 12.6. The number of nitrogens with zero attached hydrogens (tertiary/aromatic N) is 2. The lowest BCUT2D eigenvalue weighted by atomic mass is 10.1. The number of benzene rings is 2. The number of urea groups is 1. The number of ether oxygens (including phenoxy) is 3. The summed E-state index contributed by atoms with van der Waals surface area (Å²) >= 11 is 0. The van der Waals surface area contributed by atoms with Crippen LogP contribution in [0.1, 0.15) is 25.3 Å². The van der Waals surface area contributed by atoms with E-state index in [0.29, 0.717) is 40.6 Å². The monoisotopic (exact) mass is 494 g/mol. The van der Waals surface area contributed by atoms with Crippen LogP contribution in [0.2, 0.25) is 0 Å². The van der Waals surface area contributed by atoms with Crippen LogP contribution >= 0.6 is 0 Å². The molecule has 0 bridgehead atoms. The smallest absolute Gasteiger partial charge is 0.322 e. The SMILES string of the molecule is CCN1CCC[C@H]1CN(Cc1cc2cc(OC)c(OC)cc2[nH]c1=O)C(=O)Nc1ccc(OC)cc1. The van der Waals surface area contributed by atoms with Crippen molar-refractivity contribution in [3.05, 3.63) is 58.4 Å². The summed E-state index contributed by atoms with van der Waals surface area (Å²) in [4.78, 5) is 33.5. The fraction of sp³-hybridized carbons (Fsp3) is 0.407. The highest BCUT2D eigenvalue weighted by molar-refractivity contribution is 5.89. The number of anilines is 1.